The number of carbonyl (C=O) groups excluding carboxylic acids is 1. The highest BCUT2D eigenvalue weighted by Crippen LogP contribution is 2.20. The minimum absolute atomic E-state index is 0.132. The predicted molar refractivity (Wildman–Crippen MR) is 95.1 cm³/mol. The summed E-state index contributed by atoms with van der Waals surface area (Å²) < 4.78 is 32.3. The smallest absolute Gasteiger partial charge is 0.250 e. The summed E-state index contributed by atoms with van der Waals surface area (Å²) in [6, 6.07) is 10.3. The number of nitrogens with zero attached hydrogens (tertiary/aromatic N) is 1. The second-order valence-electron chi connectivity index (χ2n) is 4.93. The summed E-state index contributed by atoms with van der Waals surface area (Å²) in [6.07, 6.45) is 0. The number of carbonyl (C=O) groups is 1. The summed E-state index contributed by atoms with van der Waals surface area (Å²) >= 11 is 1.15. The van der Waals surface area contributed by atoms with Crippen molar-refractivity contribution in [1.29, 1.82) is 0 Å². The third-order valence-electron chi connectivity index (χ3n) is 3.23. The molecule has 0 atom stereocenters. The molecule has 0 radical (unpaired) electrons. The first-order valence-electron chi connectivity index (χ1n) is 7.48. The molecule has 1 heterocycles. The Hall–Kier alpha value is -1.90. The van der Waals surface area contributed by atoms with Crippen LogP contribution in [0.4, 0.5) is 5.69 Å². The quantitative estimate of drug-likeness (QED) is 0.777. The van der Waals surface area contributed by atoms with Crippen molar-refractivity contribution in [2.75, 3.05) is 24.6 Å². The van der Waals surface area contributed by atoms with Crippen molar-refractivity contribution in [3.8, 4) is 5.75 Å². The van der Waals surface area contributed by atoms with Gasteiger partial charge in [0.05, 0.1) is 6.61 Å². The molecule has 0 bridgehead atoms. The molecule has 2 aromatic rings. The third kappa shape index (κ3) is 4.80. The molecule has 2 rings (SSSR count). The second-order valence-corrected chi connectivity index (χ2v) is 7.87. The van der Waals surface area contributed by atoms with E-state index in [1.54, 1.807) is 41.8 Å². The Bertz CT molecular complexity index is 756. The van der Waals surface area contributed by atoms with E-state index in [0.29, 0.717) is 12.3 Å². The number of hydrogen-bond acceptors (Lipinski definition) is 5. The van der Waals surface area contributed by atoms with Gasteiger partial charge < -0.3 is 9.64 Å². The van der Waals surface area contributed by atoms with Crippen LogP contribution in [0, 0.1) is 0 Å². The van der Waals surface area contributed by atoms with Crippen LogP contribution in [0.5, 0.6) is 5.75 Å². The van der Waals surface area contributed by atoms with Gasteiger partial charge in [-0.15, -0.1) is 11.3 Å². The molecule has 1 aromatic heterocycles. The first-order valence-corrected chi connectivity index (χ1v) is 9.84. The molecule has 0 aliphatic rings. The number of rotatable bonds is 8. The van der Waals surface area contributed by atoms with E-state index in [0.717, 1.165) is 17.1 Å². The van der Waals surface area contributed by atoms with Gasteiger partial charge >= 0.3 is 0 Å². The standard InChI is InChI=1S/C16H20N2O4S2/c1-3-22-15-8-6-14(7-9-15)18(13(2)19)11-10-17-24(20,21)16-5-4-12-23-16/h4-9,12,17H,3,10-11H2,1-2H3. The van der Waals surface area contributed by atoms with Gasteiger partial charge in [0, 0.05) is 25.7 Å². The van der Waals surface area contributed by atoms with Crippen LogP contribution in [0.3, 0.4) is 0 Å². The predicted octanol–water partition coefficient (Wildman–Crippen LogP) is 2.48. The highest BCUT2D eigenvalue weighted by molar-refractivity contribution is 7.91. The van der Waals surface area contributed by atoms with Gasteiger partial charge in [0.2, 0.25) is 15.9 Å². The lowest BCUT2D eigenvalue weighted by molar-refractivity contribution is -0.116. The molecule has 24 heavy (non-hydrogen) atoms. The van der Waals surface area contributed by atoms with Gasteiger partial charge in [-0.1, -0.05) is 6.07 Å². The second kappa shape index (κ2) is 8.27. The minimum Gasteiger partial charge on any atom is -0.494 e. The highest BCUT2D eigenvalue weighted by Gasteiger charge is 2.16. The topological polar surface area (TPSA) is 75.7 Å². The van der Waals surface area contributed by atoms with Gasteiger partial charge in [0.15, 0.2) is 0 Å². The first kappa shape index (κ1) is 18.4. The van der Waals surface area contributed by atoms with Gasteiger partial charge in [0.25, 0.3) is 0 Å². The largest absolute Gasteiger partial charge is 0.494 e. The SMILES string of the molecule is CCOc1ccc(N(CCNS(=O)(=O)c2cccs2)C(C)=O)cc1. The number of thiophene rings is 1. The molecular formula is C16H20N2O4S2. The van der Waals surface area contributed by atoms with Crippen LogP contribution in [0.2, 0.25) is 0 Å². The lowest BCUT2D eigenvalue weighted by Crippen LogP contribution is -2.37. The Morgan fingerprint density at radius 3 is 2.50 bits per heavy atom. The zero-order chi connectivity index (χ0) is 17.6. The van der Waals surface area contributed by atoms with Gasteiger partial charge in [-0.05, 0) is 42.6 Å². The molecule has 130 valence electrons. The van der Waals surface area contributed by atoms with Crippen molar-refractivity contribution >= 4 is 33.0 Å². The van der Waals surface area contributed by atoms with Crippen molar-refractivity contribution in [2.24, 2.45) is 0 Å². The zero-order valence-electron chi connectivity index (χ0n) is 13.6. The van der Waals surface area contributed by atoms with E-state index >= 15 is 0 Å². The average Bonchev–Trinajstić information content (AvgIpc) is 3.08. The van der Waals surface area contributed by atoms with Crippen LogP contribution in [0.25, 0.3) is 0 Å². The number of anilines is 1. The van der Waals surface area contributed by atoms with Crippen LogP contribution < -0.4 is 14.4 Å². The fourth-order valence-corrected chi connectivity index (χ4v) is 4.20. The van der Waals surface area contributed by atoms with E-state index in [9.17, 15) is 13.2 Å². The average molecular weight is 368 g/mol. The van der Waals surface area contributed by atoms with E-state index in [1.807, 2.05) is 6.92 Å². The number of ether oxygens (including phenoxy) is 1. The molecule has 0 fully saturated rings. The van der Waals surface area contributed by atoms with Crippen molar-refractivity contribution in [3.63, 3.8) is 0 Å². The Morgan fingerprint density at radius 2 is 1.96 bits per heavy atom. The van der Waals surface area contributed by atoms with Crippen LogP contribution in [-0.2, 0) is 14.8 Å². The zero-order valence-corrected chi connectivity index (χ0v) is 15.2. The van der Waals surface area contributed by atoms with Gasteiger partial charge in [-0.2, -0.15) is 0 Å². The van der Waals surface area contributed by atoms with Gasteiger partial charge in [-0.3, -0.25) is 4.79 Å². The molecule has 0 spiro atoms. The first-order chi connectivity index (χ1) is 11.4. The number of hydrogen-bond donors (Lipinski definition) is 1. The van der Waals surface area contributed by atoms with Crippen molar-refractivity contribution in [3.05, 3.63) is 41.8 Å². The van der Waals surface area contributed by atoms with Crippen LogP contribution in [0.1, 0.15) is 13.8 Å². The third-order valence-corrected chi connectivity index (χ3v) is 6.09. The number of benzene rings is 1. The number of nitrogens with one attached hydrogen (secondary N) is 1. The van der Waals surface area contributed by atoms with E-state index in [2.05, 4.69) is 4.72 Å². The summed E-state index contributed by atoms with van der Waals surface area (Å²) in [5.74, 6) is 0.567. The maximum Gasteiger partial charge on any atom is 0.250 e. The molecule has 1 amide bonds. The summed E-state index contributed by atoms with van der Waals surface area (Å²) in [5, 5.41) is 1.70. The number of amides is 1. The van der Waals surface area contributed by atoms with E-state index < -0.39 is 10.0 Å². The van der Waals surface area contributed by atoms with Gasteiger partial charge in [0.1, 0.15) is 9.96 Å². The fraction of sp³-hybridized carbons (Fsp3) is 0.312. The lowest BCUT2D eigenvalue weighted by Gasteiger charge is -2.21. The van der Waals surface area contributed by atoms with Crippen molar-refractivity contribution in [1.82, 2.24) is 4.72 Å². The van der Waals surface area contributed by atoms with Crippen molar-refractivity contribution in [2.45, 2.75) is 18.1 Å². The Balaban J connectivity index is 2.00. The fourth-order valence-electron chi connectivity index (χ4n) is 2.14. The van der Waals surface area contributed by atoms with E-state index in [4.69, 9.17) is 4.74 Å². The molecule has 6 nitrogen and oxygen atoms in total. The Labute approximate surface area is 146 Å². The molecular weight excluding hydrogens is 348 g/mol. The highest BCUT2D eigenvalue weighted by atomic mass is 32.2. The normalized spacial score (nSPS) is 11.2. The molecule has 1 aromatic carbocycles. The monoisotopic (exact) mass is 368 g/mol. The summed E-state index contributed by atoms with van der Waals surface area (Å²) in [4.78, 5) is 13.4. The minimum atomic E-state index is -3.52. The maximum atomic E-state index is 12.1. The van der Waals surface area contributed by atoms with Crippen molar-refractivity contribution < 1.29 is 17.9 Å². The van der Waals surface area contributed by atoms with E-state index in [1.165, 1.54) is 11.8 Å². The maximum absolute atomic E-state index is 12.1. The Morgan fingerprint density at radius 1 is 1.25 bits per heavy atom. The van der Waals surface area contributed by atoms with E-state index in [-0.39, 0.29) is 23.2 Å². The number of sulfonamides is 1. The van der Waals surface area contributed by atoms with Crippen LogP contribution in [-0.4, -0.2) is 34.0 Å². The molecule has 8 heteroatoms. The molecule has 0 aliphatic heterocycles. The van der Waals surface area contributed by atoms with Crippen LogP contribution >= 0.6 is 11.3 Å². The van der Waals surface area contributed by atoms with Gasteiger partial charge in [-0.25, -0.2) is 13.1 Å². The summed E-state index contributed by atoms with van der Waals surface area (Å²) in [6.45, 7) is 4.29. The molecule has 0 saturated heterocycles. The summed E-state index contributed by atoms with van der Waals surface area (Å²) in [5.41, 5.74) is 0.696. The molecule has 0 saturated carbocycles. The molecule has 0 aliphatic carbocycles. The Kier molecular flexibility index (Phi) is 6.36. The molecule has 0 unspecified atom stereocenters. The van der Waals surface area contributed by atoms with Crippen LogP contribution in [0.15, 0.2) is 46.0 Å². The summed E-state index contributed by atoms with van der Waals surface area (Å²) in [7, 11) is -3.52. The lowest BCUT2D eigenvalue weighted by atomic mass is 10.2. The molecule has 1 N–H and O–H groups in total.